The molecule has 1 fully saturated rings. The van der Waals surface area contributed by atoms with Crippen molar-refractivity contribution in [2.75, 3.05) is 31.2 Å². The van der Waals surface area contributed by atoms with E-state index in [1.807, 2.05) is 39.0 Å². The number of nitrogens with zero attached hydrogens (tertiary/aromatic N) is 1. The van der Waals surface area contributed by atoms with E-state index in [4.69, 9.17) is 14.2 Å². The highest BCUT2D eigenvalue weighted by atomic mass is 32.2. The number of sulfonamides is 1. The molecular formula is C33H42N2O7S. The van der Waals surface area contributed by atoms with Crippen LogP contribution in [-0.4, -0.2) is 64.5 Å². The Labute approximate surface area is 254 Å². The zero-order valence-electron chi connectivity index (χ0n) is 25.4. The summed E-state index contributed by atoms with van der Waals surface area (Å²) in [5.41, 5.74) is 2.48. The Bertz CT molecular complexity index is 1490. The van der Waals surface area contributed by atoms with Crippen molar-refractivity contribution < 1.29 is 32.5 Å². The Kier molecular flexibility index (Phi) is 10.7. The van der Waals surface area contributed by atoms with Gasteiger partial charge in [-0.15, -0.1) is 0 Å². The van der Waals surface area contributed by atoms with Crippen LogP contribution in [0.25, 0.3) is 0 Å². The lowest BCUT2D eigenvalue weighted by Gasteiger charge is -2.29. The summed E-state index contributed by atoms with van der Waals surface area (Å²) in [6.45, 7) is 8.91. The van der Waals surface area contributed by atoms with E-state index < -0.39 is 22.2 Å². The molecule has 1 saturated heterocycles. The summed E-state index contributed by atoms with van der Waals surface area (Å²) in [6, 6.07) is 18.2. The predicted molar refractivity (Wildman–Crippen MR) is 166 cm³/mol. The molecule has 1 aliphatic heterocycles. The molecule has 3 aromatic rings. The van der Waals surface area contributed by atoms with Crippen molar-refractivity contribution in [1.82, 2.24) is 5.32 Å². The molecule has 0 spiro atoms. The molecule has 3 atom stereocenters. The Morgan fingerprint density at radius 1 is 1.09 bits per heavy atom. The van der Waals surface area contributed by atoms with Crippen LogP contribution in [0.2, 0.25) is 0 Å². The molecule has 43 heavy (non-hydrogen) atoms. The zero-order chi connectivity index (χ0) is 31.1. The van der Waals surface area contributed by atoms with Gasteiger partial charge in [-0.2, -0.15) is 0 Å². The van der Waals surface area contributed by atoms with Crippen LogP contribution in [0.4, 0.5) is 5.69 Å². The van der Waals surface area contributed by atoms with Gasteiger partial charge in [-0.25, -0.2) is 8.42 Å². The Hall–Kier alpha value is -3.60. The number of ether oxygens (including phenoxy) is 3. The minimum Gasteiger partial charge on any atom is -0.497 e. The van der Waals surface area contributed by atoms with E-state index >= 15 is 0 Å². The number of rotatable bonds is 13. The number of anilines is 1. The maximum atomic E-state index is 13.9. The molecule has 10 heteroatoms. The fourth-order valence-electron chi connectivity index (χ4n) is 4.94. The van der Waals surface area contributed by atoms with Gasteiger partial charge in [0.15, 0.2) is 0 Å². The number of aliphatic hydroxyl groups excluding tert-OH is 1. The normalized spacial score (nSPS) is 16.5. The van der Waals surface area contributed by atoms with Gasteiger partial charge in [0.2, 0.25) is 0 Å². The lowest BCUT2D eigenvalue weighted by atomic mass is 10.0. The van der Waals surface area contributed by atoms with Crippen LogP contribution < -0.4 is 19.1 Å². The molecule has 1 heterocycles. The first kappa shape index (κ1) is 32.3. The van der Waals surface area contributed by atoms with Crippen molar-refractivity contribution in [1.29, 1.82) is 0 Å². The zero-order valence-corrected chi connectivity index (χ0v) is 26.3. The van der Waals surface area contributed by atoms with Crippen LogP contribution in [0.5, 0.6) is 11.5 Å². The third-order valence-electron chi connectivity index (χ3n) is 7.37. The molecule has 0 aliphatic carbocycles. The molecule has 0 saturated carbocycles. The number of hydrogen-bond donors (Lipinski definition) is 2. The standard InChI is InChI=1S/C33H42N2O7S/c1-22(2)20-35(43(38,39)28-13-11-26(40-5)12-14-28)30-9-7-6-8-25(30)19-31(36)24(4)34-33(37)29-15-10-23(3)18-32(29)42-27-16-17-41-21-27/h6-15,18,22,24,27,31,36H,16-17,19-21H2,1-5H3,(H,34,37)/t24-,27-,31+/m0/s1. The van der Waals surface area contributed by atoms with Crippen molar-refractivity contribution in [2.24, 2.45) is 5.92 Å². The Morgan fingerprint density at radius 3 is 2.47 bits per heavy atom. The monoisotopic (exact) mass is 610 g/mol. The van der Waals surface area contributed by atoms with E-state index in [0.29, 0.717) is 41.5 Å². The first-order chi connectivity index (χ1) is 20.5. The maximum absolute atomic E-state index is 13.9. The molecule has 3 aromatic carbocycles. The SMILES string of the molecule is COc1ccc(S(=O)(=O)N(CC(C)C)c2ccccc2C[C@@H](O)[C@H](C)NC(=O)c2ccc(C)cc2O[C@H]2CCOC2)cc1. The van der Waals surface area contributed by atoms with Crippen LogP contribution in [0.3, 0.4) is 0 Å². The fourth-order valence-corrected chi connectivity index (χ4v) is 6.61. The lowest BCUT2D eigenvalue weighted by molar-refractivity contribution is 0.0843. The lowest BCUT2D eigenvalue weighted by Crippen LogP contribution is -2.42. The van der Waals surface area contributed by atoms with Gasteiger partial charge in [0.05, 0.1) is 48.6 Å². The second kappa shape index (κ2) is 14.2. The predicted octanol–water partition coefficient (Wildman–Crippen LogP) is 4.74. The number of carbonyl (C=O) groups excluding carboxylic acids is 1. The number of aryl methyl sites for hydroxylation is 1. The van der Waals surface area contributed by atoms with Gasteiger partial charge in [0, 0.05) is 19.4 Å². The number of aliphatic hydroxyl groups is 1. The summed E-state index contributed by atoms with van der Waals surface area (Å²) in [5, 5.41) is 14.1. The number of hydrogen-bond acceptors (Lipinski definition) is 7. The molecular weight excluding hydrogens is 568 g/mol. The molecule has 0 radical (unpaired) electrons. The summed E-state index contributed by atoms with van der Waals surface area (Å²) < 4.78 is 45.8. The second-order valence-electron chi connectivity index (χ2n) is 11.4. The topological polar surface area (TPSA) is 114 Å². The Morgan fingerprint density at radius 2 is 1.81 bits per heavy atom. The largest absolute Gasteiger partial charge is 0.497 e. The number of methoxy groups -OCH3 is 1. The Balaban J connectivity index is 1.54. The van der Waals surface area contributed by atoms with Crippen molar-refractivity contribution in [3.63, 3.8) is 0 Å². The first-order valence-corrected chi connectivity index (χ1v) is 16.0. The van der Waals surface area contributed by atoms with E-state index in [1.165, 1.54) is 23.5 Å². The smallest absolute Gasteiger partial charge is 0.264 e. The molecule has 232 valence electrons. The van der Waals surface area contributed by atoms with Crippen LogP contribution >= 0.6 is 0 Å². The third kappa shape index (κ3) is 8.07. The number of carbonyl (C=O) groups is 1. The van der Waals surface area contributed by atoms with Crippen LogP contribution in [0, 0.1) is 12.8 Å². The van der Waals surface area contributed by atoms with Crippen molar-refractivity contribution in [2.45, 2.75) is 63.7 Å². The quantitative estimate of drug-likeness (QED) is 0.287. The molecule has 0 aromatic heterocycles. The number of para-hydroxylation sites is 1. The van der Waals surface area contributed by atoms with Crippen LogP contribution in [0.15, 0.2) is 71.6 Å². The second-order valence-corrected chi connectivity index (χ2v) is 13.2. The minimum absolute atomic E-state index is 0.0333. The number of amides is 1. The van der Waals surface area contributed by atoms with Crippen molar-refractivity contribution >= 4 is 21.6 Å². The van der Waals surface area contributed by atoms with E-state index in [0.717, 1.165) is 12.0 Å². The minimum atomic E-state index is -3.92. The van der Waals surface area contributed by atoms with Crippen molar-refractivity contribution in [3.8, 4) is 11.5 Å². The summed E-state index contributed by atoms with van der Waals surface area (Å²) in [6.07, 6.45) is -0.226. The van der Waals surface area contributed by atoms with Crippen LogP contribution in [0.1, 0.15) is 48.7 Å². The summed E-state index contributed by atoms with van der Waals surface area (Å²) >= 11 is 0. The average Bonchev–Trinajstić information content (AvgIpc) is 3.49. The summed E-state index contributed by atoms with van der Waals surface area (Å²) in [7, 11) is -2.40. The number of nitrogens with one attached hydrogen (secondary N) is 1. The highest BCUT2D eigenvalue weighted by Gasteiger charge is 2.29. The van der Waals surface area contributed by atoms with E-state index in [1.54, 1.807) is 43.3 Å². The molecule has 4 rings (SSSR count). The summed E-state index contributed by atoms with van der Waals surface area (Å²) in [4.78, 5) is 13.5. The molecule has 0 bridgehead atoms. The fraction of sp³-hybridized carbons (Fsp3) is 0.424. The van der Waals surface area contributed by atoms with Gasteiger partial charge in [0.25, 0.3) is 15.9 Å². The van der Waals surface area contributed by atoms with Gasteiger partial charge in [-0.05, 0) is 73.4 Å². The van der Waals surface area contributed by atoms with Gasteiger partial charge in [-0.3, -0.25) is 9.10 Å². The van der Waals surface area contributed by atoms with Gasteiger partial charge in [-0.1, -0.05) is 38.1 Å². The number of benzene rings is 3. The molecule has 0 unspecified atom stereocenters. The molecule has 2 N–H and O–H groups in total. The van der Waals surface area contributed by atoms with E-state index in [2.05, 4.69) is 5.32 Å². The maximum Gasteiger partial charge on any atom is 0.264 e. The first-order valence-electron chi connectivity index (χ1n) is 14.6. The summed E-state index contributed by atoms with van der Waals surface area (Å²) in [5.74, 6) is 0.710. The van der Waals surface area contributed by atoms with Gasteiger partial charge >= 0.3 is 0 Å². The molecule has 1 aliphatic rings. The van der Waals surface area contributed by atoms with Crippen molar-refractivity contribution in [3.05, 3.63) is 83.4 Å². The highest BCUT2D eigenvalue weighted by Crippen LogP contribution is 2.30. The van der Waals surface area contributed by atoms with E-state index in [-0.39, 0.29) is 35.8 Å². The third-order valence-corrected chi connectivity index (χ3v) is 9.16. The van der Waals surface area contributed by atoms with Gasteiger partial charge < -0.3 is 24.6 Å². The van der Waals surface area contributed by atoms with Gasteiger partial charge in [0.1, 0.15) is 17.6 Å². The molecule has 9 nitrogen and oxygen atoms in total. The average molecular weight is 611 g/mol. The van der Waals surface area contributed by atoms with Crippen LogP contribution in [-0.2, 0) is 21.2 Å². The molecule has 1 amide bonds. The highest BCUT2D eigenvalue weighted by molar-refractivity contribution is 7.92. The van der Waals surface area contributed by atoms with E-state index in [9.17, 15) is 18.3 Å².